The van der Waals surface area contributed by atoms with E-state index in [9.17, 15) is 17.6 Å². The van der Waals surface area contributed by atoms with Gasteiger partial charge in [-0.3, -0.25) is 9.69 Å². The van der Waals surface area contributed by atoms with Crippen LogP contribution in [0.15, 0.2) is 28.6 Å². The lowest BCUT2D eigenvalue weighted by Gasteiger charge is -2.37. The number of rotatable bonds is 6. The fraction of sp³-hybridized carbons (Fsp3) is 0.500. The van der Waals surface area contributed by atoms with Gasteiger partial charge in [0.25, 0.3) is 0 Å². The van der Waals surface area contributed by atoms with Crippen molar-refractivity contribution in [3.63, 3.8) is 0 Å². The van der Waals surface area contributed by atoms with Crippen molar-refractivity contribution in [1.29, 1.82) is 0 Å². The fourth-order valence-corrected chi connectivity index (χ4v) is 7.06. The first-order chi connectivity index (χ1) is 14.4. The Morgan fingerprint density at radius 1 is 1.27 bits per heavy atom. The highest BCUT2D eigenvalue weighted by Crippen LogP contribution is 2.28. The van der Waals surface area contributed by atoms with Crippen molar-refractivity contribution in [2.24, 2.45) is 0 Å². The van der Waals surface area contributed by atoms with Crippen LogP contribution in [0, 0.1) is 5.82 Å². The van der Waals surface area contributed by atoms with E-state index in [0.29, 0.717) is 47.8 Å². The van der Waals surface area contributed by atoms with Gasteiger partial charge in [0.05, 0.1) is 17.3 Å². The molecule has 30 heavy (non-hydrogen) atoms. The van der Waals surface area contributed by atoms with Crippen molar-refractivity contribution >= 4 is 49.7 Å². The maximum absolute atomic E-state index is 13.3. The van der Waals surface area contributed by atoms with Crippen LogP contribution in [0.5, 0.6) is 0 Å². The Kier molecular flexibility index (Phi) is 6.56. The normalized spacial score (nSPS) is 21.6. The molecule has 8 nitrogen and oxygen atoms in total. The summed E-state index contributed by atoms with van der Waals surface area (Å²) in [6, 6.07) is 6.18. The van der Waals surface area contributed by atoms with Crippen LogP contribution in [0.1, 0.15) is 6.42 Å². The number of aromatic nitrogens is 2. The van der Waals surface area contributed by atoms with Gasteiger partial charge in [0.1, 0.15) is 5.82 Å². The molecule has 1 aromatic heterocycles. The van der Waals surface area contributed by atoms with Gasteiger partial charge in [0, 0.05) is 37.9 Å². The van der Waals surface area contributed by atoms with Gasteiger partial charge in [-0.25, -0.2) is 12.8 Å². The van der Waals surface area contributed by atoms with Crippen LogP contribution >= 0.6 is 23.1 Å². The van der Waals surface area contributed by atoms with E-state index in [-0.39, 0.29) is 35.0 Å². The smallest absolute Gasteiger partial charge is 0.233 e. The first-order valence-electron chi connectivity index (χ1n) is 9.59. The van der Waals surface area contributed by atoms with E-state index in [1.807, 2.05) is 4.90 Å². The molecule has 12 heteroatoms. The van der Waals surface area contributed by atoms with Gasteiger partial charge in [-0.15, -0.1) is 10.2 Å². The quantitative estimate of drug-likeness (QED) is 0.638. The number of thioether (sulfide) groups is 1. The van der Waals surface area contributed by atoms with Crippen molar-refractivity contribution in [3.05, 3.63) is 30.1 Å². The predicted molar refractivity (Wildman–Crippen MR) is 116 cm³/mol. The summed E-state index contributed by atoms with van der Waals surface area (Å²) in [7, 11) is -2.90. The molecule has 1 N–H and O–H groups in total. The topological polar surface area (TPSA) is 95.5 Å². The Morgan fingerprint density at radius 2 is 2.07 bits per heavy atom. The zero-order valence-electron chi connectivity index (χ0n) is 16.2. The third kappa shape index (κ3) is 5.48. The molecule has 4 rings (SSSR count). The van der Waals surface area contributed by atoms with Crippen molar-refractivity contribution in [3.8, 4) is 0 Å². The minimum atomic E-state index is -2.90. The number of sulfone groups is 1. The molecule has 1 atom stereocenters. The number of nitrogens with one attached hydrogen (secondary N) is 1. The molecule has 0 aliphatic carbocycles. The number of amides is 1. The van der Waals surface area contributed by atoms with Crippen LogP contribution in [-0.2, 0) is 14.6 Å². The number of hydrogen-bond acceptors (Lipinski definition) is 9. The lowest BCUT2D eigenvalue weighted by molar-refractivity contribution is -0.130. The van der Waals surface area contributed by atoms with E-state index < -0.39 is 9.84 Å². The average Bonchev–Trinajstić information content (AvgIpc) is 3.32. The summed E-state index contributed by atoms with van der Waals surface area (Å²) < 4.78 is 37.3. The molecule has 2 aromatic rings. The number of hydrogen-bond donors (Lipinski definition) is 1. The molecule has 0 radical (unpaired) electrons. The van der Waals surface area contributed by atoms with E-state index in [1.165, 1.54) is 35.2 Å². The minimum absolute atomic E-state index is 0.0357. The van der Waals surface area contributed by atoms with Crippen molar-refractivity contribution in [2.45, 2.75) is 16.8 Å². The van der Waals surface area contributed by atoms with E-state index in [0.717, 1.165) is 0 Å². The lowest BCUT2D eigenvalue weighted by Crippen LogP contribution is -2.52. The highest BCUT2D eigenvalue weighted by Gasteiger charge is 2.34. The van der Waals surface area contributed by atoms with Gasteiger partial charge in [0.2, 0.25) is 11.0 Å². The molecule has 0 spiro atoms. The van der Waals surface area contributed by atoms with Gasteiger partial charge >= 0.3 is 0 Å². The second-order valence-corrected chi connectivity index (χ2v) is 11.7. The Morgan fingerprint density at radius 3 is 2.77 bits per heavy atom. The van der Waals surface area contributed by atoms with E-state index in [1.54, 1.807) is 12.1 Å². The number of benzene rings is 1. The van der Waals surface area contributed by atoms with Crippen LogP contribution < -0.4 is 5.32 Å². The average molecular weight is 472 g/mol. The maximum Gasteiger partial charge on any atom is 0.233 e. The Balaban J connectivity index is 1.22. The molecule has 0 unspecified atom stereocenters. The monoisotopic (exact) mass is 471 g/mol. The van der Waals surface area contributed by atoms with Crippen LogP contribution in [0.2, 0.25) is 0 Å². The molecule has 0 saturated carbocycles. The third-order valence-corrected chi connectivity index (χ3v) is 8.90. The number of nitrogens with zero attached hydrogens (tertiary/aromatic N) is 4. The number of anilines is 2. The first kappa shape index (κ1) is 21.5. The van der Waals surface area contributed by atoms with Gasteiger partial charge in [-0.2, -0.15) is 0 Å². The van der Waals surface area contributed by atoms with E-state index in [4.69, 9.17) is 0 Å². The highest BCUT2D eigenvalue weighted by atomic mass is 32.2. The van der Waals surface area contributed by atoms with Crippen LogP contribution in [0.4, 0.5) is 15.2 Å². The number of carbonyl (C=O) groups excluding carboxylic acids is 1. The molecular weight excluding hydrogens is 449 g/mol. The molecular formula is C18H22FN5O3S3. The van der Waals surface area contributed by atoms with Gasteiger partial charge in [-0.1, -0.05) is 29.2 Å². The summed E-state index contributed by atoms with van der Waals surface area (Å²) in [5.41, 5.74) is 0.590. The predicted octanol–water partition coefficient (Wildman–Crippen LogP) is 1.84. The Bertz CT molecular complexity index is 1010. The Labute approximate surface area is 182 Å². The summed E-state index contributed by atoms with van der Waals surface area (Å²) >= 11 is 2.64. The van der Waals surface area contributed by atoms with E-state index in [2.05, 4.69) is 20.4 Å². The van der Waals surface area contributed by atoms with Crippen molar-refractivity contribution < 1.29 is 17.6 Å². The van der Waals surface area contributed by atoms with Gasteiger partial charge in [0.15, 0.2) is 14.2 Å². The van der Waals surface area contributed by atoms with Crippen LogP contribution in [0.3, 0.4) is 0 Å². The summed E-state index contributed by atoms with van der Waals surface area (Å²) in [5.74, 6) is 0.477. The van der Waals surface area contributed by atoms with Crippen LogP contribution in [-0.4, -0.2) is 83.8 Å². The summed E-state index contributed by atoms with van der Waals surface area (Å²) in [6.07, 6.45) is 0.690. The zero-order valence-corrected chi connectivity index (χ0v) is 18.6. The molecule has 2 aliphatic heterocycles. The summed E-state index contributed by atoms with van der Waals surface area (Å²) in [6.45, 7) is 2.63. The molecule has 3 heterocycles. The summed E-state index contributed by atoms with van der Waals surface area (Å²) in [5, 5.41) is 11.6. The standard InChI is InChI=1S/C18H22FN5O3S3/c19-13-2-1-3-14(10-13)20-17-21-22-18(29-17)28-11-16(25)24-7-5-23(6-8-24)15-4-9-30(26,27)12-15/h1-3,10,15H,4-9,11-12H2,(H,20,21)/t15-/m0/s1. The molecule has 1 amide bonds. The molecule has 162 valence electrons. The Hall–Kier alpha value is -1.76. The maximum atomic E-state index is 13.3. The van der Waals surface area contributed by atoms with Crippen molar-refractivity contribution in [1.82, 2.24) is 20.0 Å². The second-order valence-electron chi connectivity index (χ2n) is 7.27. The lowest BCUT2D eigenvalue weighted by atomic mass is 10.2. The van der Waals surface area contributed by atoms with Crippen molar-refractivity contribution in [2.75, 3.05) is 48.8 Å². The fourth-order valence-electron chi connectivity index (χ4n) is 3.62. The molecule has 0 bridgehead atoms. The van der Waals surface area contributed by atoms with Gasteiger partial charge in [-0.05, 0) is 24.6 Å². The third-order valence-electron chi connectivity index (χ3n) is 5.19. The SMILES string of the molecule is O=C(CSc1nnc(Nc2cccc(F)c2)s1)N1CCN([C@H]2CCS(=O)(=O)C2)CC1. The molecule has 2 saturated heterocycles. The molecule has 2 fully saturated rings. The van der Waals surface area contributed by atoms with Crippen LogP contribution in [0.25, 0.3) is 0 Å². The number of halogens is 1. The first-order valence-corrected chi connectivity index (χ1v) is 13.2. The second kappa shape index (κ2) is 9.16. The highest BCUT2D eigenvalue weighted by molar-refractivity contribution is 8.01. The minimum Gasteiger partial charge on any atom is -0.339 e. The number of carbonyl (C=O) groups is 1. The van der Waals surface area contributed by atoms with E-state index >= 15 is 0 Å². The largest absolute Gasteiger partial charge is 0.339 e. The molecule has 1 aromatic carbocycles. The molecule has 2 aliphatic rings. The summed E-state index contributed by atoms with van der Waals surface area (Å²) in [4.78, 5) is 16.5. The zero-order chi connectivity index (χ0) is 21.1. The van der Waals surface area contributed by atoms with Gasteiger partial charge < -0.3 is 10.2 Å². The number of piperazine rings is 1.